The summed E-state index contributed by atoms with van der Waals surface area (Å²) in [5.74, 6) is 0.409. The molecule has 0 aliphatic heterocycles. The highest BCUT2D eigenvalue weighted by molar-refractivity contribution is 5.95. The van der Waals surface area contributed by atoms with Gasteiger partial charge in [-0.05, 0) is 48.9 Å². The minimum Gasteiger partial charge on any atom is -0.497 e. The van der Waals surface area contributed by atoms with Gasteiger partial charge in [-0.2, -0.15) is 5.26 Å². The maximum atomic E-state index is 14.3. The topological polar surface area (TPSA) is 89.2 Å². The van der Waals surface area contributed by atoms with Crippen LogP contribution in [0.25, 0.3) is 16.9 Å². The SMILES string of the molecule is CCOC(=O)C1=C(CNc2cc(-c3ccc(C#N)c(F)c3)n(-c3ccc(OC)cc3)n2)C1. The summed E-state index contributed by atoms with van der Waals surface area (Å²) in [6.07, 6.45) is 0.624. The molecule has 7 nitrogen and oxygen atoms in total. The second kappa shape index (κ2) is 8.94. The molecule has 4 rings (SSSR count). The number of halogens is 1. The van der Waals surface area contributed by atoms with Crippen LogP contribution in [0.2, 0.25) is 0 Å². The smallest absolute Gasteiger partial charge is 0.334 e. The van der Waals surface area contributed by atoms with Crippen LogP contribution in [0, 0.1) is 17.1 Å². The van der Waals surface area contributed by atoms with E-state index in [9.17, 15) is 9.18 Å². The van der Waals surface area contributed by atoms with E-state index in [1.807, 2.05) is 30.3 Å². The molecular formula is C24H21FN4O3. The summed E-state index contributed by atoms with van der Waals surface area (Å²) in [5.41, 5.74) is 3.65. The Balaban J connectivity index is 1.65. The number of hydrogen-bond donors (Lipinski definition) is 1. The molecule has 32 heavy (non-hydrogen) atoms. The minimum absolute atomic E-state index is 0.0187. The van der Waals surface area contributed by atoms with Gasteiger partial charge in [-0.3, -0.25) is 0 Å². The molecule has 1 heterocycles. The molecule has 2 aromatic carbocycles. The van der Waals surface area contributed by atoms with Crippen LogP contribution in [0.1, 0.15) is 18.9 Å². The molecule has 1 aromatic heterocycles. The van der Waals surface area contributed by atoms with Crippen molar-refractivity contribution in [3.8, 4) is 28.8 Å². The predicted molar refractivity (Wildman–Crippen MR) is 117 cm³/mol. The van der Waals surface area contributed by atoms with Gasteiger partial charge in [-0.25, -0.2) is 13.9 Å². The Hall–Kier alpha value is -4.12. The lowest BCUT2D eigenvalue weighted by atomic mass is 10.1. The highest BCUT2D eigenvalue weighted by atomic mass is 19.1. The molecule has 8 heteroatoms. The van der Waals surface area contributed by atoms with E-state index in [2.05, 4.69) is 10.4 Å². The van der Waals surface area contributed by atoms with E-state index in [1.165, 1.54) is 12.1 Å². The van der Waals surface area contributed by atoms with E-state index in [0.29, 0.717) is 48.0 Å². The normalized spacial score (nSPS) is 12.3. The number of aromatic nitrogens is 2. The Bertz CT molecular complexity index is 1240. The number of carbonyl (C=O) groups is 1. The van der Waals surface area contributed by atoms with Crippen molar-refractivity contribution >= 4 is 11.8 Å². The first-order valence-electron chi connectivity index (χ1n) is 10.1. The number of rotatable bonds is 8. The standard InChI is InChI=1S/C24H21FN4O3/c1-3-32-24(30)20-10-17(20)14-27-23-12-22(15-4-5-16(13-26)21(25)11-15)29(28-23)18-6-8-19(31-2)9-7-18/h4-9,11-12H,3,10,14H2,1-2H3,(H,27,28). The number of carbonyl (C=O) groups excluding carboxylic acids is 1. The summed E-state index contributed by atoms with van der Waals surface area (Å²) in [6.45, 7) is 2.59. The molecule has 0 fully saturated rings. The number of benzene rings is 2. The van der Waals surface area contributed by atoms with Crippen molar-refractivity contribution in [2.24, 2.45) is 0 Å². The predicted octanol–water partition coefficient (Wildman–Crippen LogP) is 4.23. The van der Waals surface area contributed by atoms with Crippen molar-refractivity contribution < 1.29 is 18.7 Å². The molecule has 0 spiro atoms. The average molecular weight is 432 g/mol. The first kappa shape index (κ1) is 21.1. The van der Waals surface area contributed by atoms with Gasteiger partial charge in [-0.1, -0.05) is 6.07 Å². The molecule has 0 amide bonds. The first-order chi connectivity index (χ1) is 15.5. The third-order valence-electron chi connectivity index (χ3n) is 5.11. The van der Waals surface area contributed by atoms with Gasteiger partial charge in [-0.15, -0.1) is 5.10 Å². The Morgan fingerprint density at radius 2 is 2.03 bits per heavy atom. The zero-order valence-electron chi connectivity index (χ0n) is 17.7. The van der Waals surface area contributed by atoms with E-state index >= 15 is 0 Å². The zero-order chi connectivity index (χ0) is 22.7. The fraction of sp³-hybridized carbons (Fsp3) is 0.208. The minimum atomic E-state index is -0.593. The number of nitrogens with zero attached hydrogens (tertiary/aromatic N) is 3. The molecule has 1 aliphatic carbocycles. The van der Waals surface area contributed by atoms with Crippen molar-refractivity contribution in [2.45, 2.75) is 13.3 Å². The highest BCUT2D eigenvalue weighted by Gasteiger charge is 2.29. The van der Waals surface area contributed by atoms with Crippen LogP contribution in [0.15, 0.2) is 59.7 Å². The molecule has 0 atom stereocenters. The van der Waals surface area contributed by atoms with Crippen LogP contribution in [0.5, 0.6) is 5.75 Å². The lowest BCUT2D eigenvalue weighted by molar-refractivity contribution is -0.138. The van der Waals surface area contributed by atoms with Gasteiger partial charge in [0, 0.05) is 30.2 Å². The largest absolute Gasteiger partial charge is 0.497 e. The molecular weight excluding hydrogens is 411 g/mol. The maximum Gasteiger partial charge on any atom is 0.334 e. The van der Waals surface area contributed by atoms with E-state index < -0.39 is 5.82 Å². The molecule has 1 N–H and O–H groups in total. The number of hydrogen-bond acceptors (Lipinski definition) is 6. The molecule has 0 bridgehead atoms. The van der Waals surface area contributed by atoms with Crippen LogP contribution >= 0.6 is 0 Å². The first-order valence-corrected chi connectivity index (χ1v) is 10.1. The lowest BCUT2D eigenvalue weighted by Gasteiger charge is -2.09. The van der Waals surface area contributed by atoms with Gasteiger partial charge in [0.1, 0.15) is 23.5 Å². The van der Waals surface area contributed by atoms with Crippen LogP contribution < -0.4 is 10.1 Å². The Morgan fingerprint density at radius 3 is 2.69 bits per heavy atom. The number of nitrogens with one attached hydrogen (secondary N) is 1. The van der Waals surface area contributed by atoms with Gasteiger partial charge in [0.25, 0.3) is 0 Å². The van der Waals surface area contributed by atoms with E-state index in [1.54, 1.807) is 30.8 Å². The van der Waals surface area contributed by atoms with Gasteiger partial charge in [0.05, 0.1) is 30.7 Å². The summed E-state index contributed by atoms with van der Waals surface area (Å²) < 4.78 is 26.2. The second-order valence-corrected chi connectivity index (χ2v) is 7.16. The van der Waals surface area contributed by atoms with Crippen molar-refractivity contribution in [3.05, 3.63) is 71.1 Å². The molecule has 3 aromatic rings. The maximum absolute atomic E-state index is 14.3. The Morgan fingerprint density at radius 1 is 1.25 bits per heavy atom. The van der Waals surface area contributed by atoms with E-state index in [4.69, 9.17) is 14.7 Å². The molecule has 0 radical (unpaired) electrons. The van der Waals surface area contributed by atoms with Crippen molar-refractivity contribution in [1.82, 2.24) is 9.78 Å². The molecule has 1 aliphatic rings. The quantitative estimate of drug-likeness (QED) is 0.536. The van der Waals surface area contributed by atoms with Gasteiger partial charge < -0.3 is 14.8 Å². The van der Waals surface area contributed by atoms with Crippen molar-refractivity contribution in [1.29, 1.82) is 5.26 Å². The summed E-state index contributed by atoms with van der Waals surface area (Å²) in [5, 5.41) is 16.9. The lowest BCUT2D eigenvalue weighted by Crippen LogP contribution is -2.04. The zero-order valence-corrected chi connectivity index (χ0v) is 17.7. The summed E-state index contributed by atoms with van der Waals surface area (Å²) in [7, 11) is 1.59. The third kappa shape index (κ3) is 4.32. The van der Waals surface area contributed by atoms with E-state index in [-0.39, 0.29) is 11.5 Å². The van der Waals surface area contributed by atoms with E-state index in [0.717, 1.165) is 11.3 Å². The van der Waals surface area contributed by atoms with Crippen LogP contribution in [0.4, 0.5) is 10.2 Å². The summed E-state index contributed by atoms with van der Waals surface area (Å²) in [4.78, 5) is 11.8. The van der Waals surface area contributed by atoms with Gasteiger partial charge >= 0.3 is 5.97 Å². The monoisotopic (exact) mass is 432 g/mol. The molecule has 0 saturated heterocycles. The third-order valence-corrected chi connectivity index (χ3v) is 5.11. The number of ether oxygens (including phenoxy) is 2. The number of methoxy groups -OCH3 is 1. The summed E-state index contributed by atoms with van der Waals surface area (Å²) >= 11 is 0. The second-order valence-electron chi connectivity index (χ2n) is 7.16. The fourth-order valence-electron chi connectivity index (χ4n) is 3.33. The van der Waals surface area contributed by atoms with Crippen molar-refractivity contribution in [2.75, 3.05) is 25.6 Å². The van der Waals surface area contributed by atoms with Crippen molar-refractivity contribution in [3.63, 3.8) is 0 Å². The van der Waals surface area contributed by atoms with Crippen LogP contribution in [-0.4, -0.2) is 36.0 Å². The number of anilines is 1. The Kier molecular flexibility index (Phi) is 5.90. The molecule has 0 unspecified atom stereocenters. The van der Waals surface area contributed by atoms with Crippen LogP contribution in [-0.2, 0) is 9.53 Å². The Labute approximate surface area is 184 Å². The van der Waals surface area contributed by atoms with Gasteiger partial charge in [0.2, 0.25) is 0 Å². The molecule has 0 saturated carbocycles. The highest BCUT2D eigenvalue weighted by Crippen LogP contribution is 2.33. The van der Waals surface area contributed by atoms with Gasteiger partial charge in [0.15, 0.2) is 0 Å². The number of esters is 1. The van der Waals surface area contributed by atoms with Crippen LogP contribution in [0.3, 0.4) is 0 Å². The average Bonchev–Trinajstić information content (AvgIpc) is 3.47. The summed E-state index contributed by atoms with van der Waals surface area (Å²) in [6, 6.07) is 15.4. The molecule has 162 valence electrons. The number of nitriles is 1. The fourth-order valence-corrected chi connectivity index (χ4v) is 3.33.